The van der Waals surface area contributed by atoms with Crippen molar-refractivity contribution in [3.05, 3.63) is 41.0 Å². The van der Waals surface area contributed by atoms with Gasteiger partial charge in [-0.05, 0) is 23.8 Å². The zero-order valence-electron chi connectivity index (χ0n) is 10.3. The fraction of sp³-hybridized carbons (Fsp3) is 0.0714. The number of hydrogen-bond acceptors (Lipinski definition) is 4. The van der Waals surface area contributed by atoms with E-state index < -0.39 is 5.97 Å². The molecule has 0 aliphatic heterocycles. The van der Waals surface area contributed by atoms with Crippen molar-refractivity contribution in [1.29, 1.82) is 5.26 Å². The molecule has 98 valence electrons. The molecule has 20 heavy (non-hydrogen) atoms. The van der Waals surface area contributed by atoms with Gasteiger partial charge in [0.05, 0.1) is 18.7 Å². The predicted octanol–water partition coefficient (Wildman–Crippen LogP) is 3.06. The molecule has 0 unspecified atom stereocenters. The molecule has 0 spiro atoms. The molecule has 0 fully saturated rings. The van der Waals surface area contributed by atoms with Crippen LogP contribution in [0, 0.1) is 11.3 Å². The number of nitriles is 1. The van der Waals surface area contributed by atoms with Crippen molar-refractivity contribution in [3.8, 4) is 16.6 Å². The third-order valence-electron chi connectivity index (χ3n) is 3.00. The minimum Gasteiger partial charge on any atom is -0.477 e. The smallest absolute Gasteiger partial charge is 0.347 e. The van der Waals surface area contributed by atoms with Crippen molar-refractivity contribution < 1.29 is 9.90 Å². The lowest BCUT2D eigenvalue weighted by molar-refractivity contribution is 0.0702. The topological polar surface area (TPSA) is 89.8 Å². The van der Waals surface area contributed by atoms with Crippen LogP contribution < -0.4 is 0 Å². The molecule has 0 atom stereocenters. The second-order valence-corrected chi connectivity index (χ2v) is 5.27. The Morgan fingerprint density at radius 2 is 2.35 bits per heavy atom. The van der Waals surface area contributed by atoms with Gasteiger partial charge in [-0.2, -0.15) is 5.26 Å². The molecule has 0 amide bonds. The van der Waals surface area contributed by atoms with E-state index >= 15 is 0 Å². The highest BCUT2D eigenvalue weighted by Gasteiger charge is 2.11. The monoisotopic (exact) mass is 283 g/mol. The van der Waals surface area contributed by atoms with Crippen molar-refractivity contribution in [1.82, 2.24) is 9.97 Å². The molecule has 2 heterocycles. The predicted molar refractivity (Wildman–Crippen MR) is 75.7 cm³/mol. The number of nitrogens with zero attached hydrogens (tertiary/aromatic N) is 2. The number of benzene rings is 1. The Morgan fingerprint density at radius 1 is 1.50 bits per heavy atom. The highest BCUT2D eigenvalue weighted by Crippen LogP contribution is 2.29. The molecular weight excluding hydrogens is 274 g/mol. The summed E-state index contributed by atoms with van der Waals surface area (Å²) in [6.07, 6.45) is 3.52. The van der Waals surface area contributed by atoms with Gasteiger partial charge in [-0.25, -0.2) is 9.78 Å². The van der Waals surface area contributed by atoms with E-state index in [1.807, 2.05) is 24.4 Å². The Labute approximate surface area is 118 Å². The number of carbonyl (C=O) groups is 1. The van der Waals surface area contributed by atoms with Crippen LogP contribution in [0.2, 0.25) is 0 Å². The molecule has 2 N–H and O–H groups in total. The molecule has 3 aromatic rings. The molecule has 0 bridgehead atoms. The summed E-state index contributed by atoms with van der Waals surface area (Å²) in [7, 11) is 0. The first kappa shape index (κ1) is 12.4. The number of H-pyrrole nitrogens is 1. The number of aromatic nitrogens is 2. The van der Waals surface area contributed by atoms with Crippen LogP contribution in [0.1, 0.15) is 15.2 Å². The summed E-state index contributed by atoms with van der Waals surface area (Å²) < 4.78 is 0. The quantitative estimate of drug-likeness (QED) is 0.773. The fourth-order valence-corrected chi connectivity index (χ4v) is 2.80. The highest BCUT2D eigenvalue weighted by molar-refractivity contribution is 7.16. The third kappa shape index (κ3) is 2.04. The van der Waals surface area contributed by atoms with E-state index in [2.05, 4.69) is 16.0 Å². The van der Waals surface area contributed by atoms with Gasteiger partial charge in [0, 0.05) is 22.7 Å². The minimum atomic E-state index is -0.971. The second kappa shape index (κ2) is 4.79. The van der Waals surface area contributed by atoms with Gasteiger partial charge in [-0.15, -0.1) is 11.3 Å². The van der Waals surface area contributed by atoms with Crippen LogP contribution in [0.5, 0.6) is 0 Å². The molecule has 0 aliphatic carbocycles. The molecule has 0 aliphatic rings. The number of carboxylic acid groups (broad SMARTS) is 1. The van der Waals surface area contributed by atoms with Crippen molar-refractivity contribution in [2.45, 2.75) is 6.42 Å². The Balaban J connectivity index is 2.09. The van der Waals surface area contributed by atoms with E-state index in [4.69, 9.17) is 10.4 Å². The lowest BCUT2D eigenvalue weighted by atomic mass is 10.1. The fourth-order valence-electron chi connectivity index (χ4n) is 2.05. The lowest BCUT2D eigenvalue weighted by Crippen LogP contribution is -1.89. The van der Waals surface area contributed by atoms with E-state index in [1.165, 1.54) is 6.20 Å². The summed E-state index contributed by atoms with van der Waals surface area (Å²) in [5.74, 6) is -0.971. The summed E-state index contributed by atoms with van der Waals surface area (Å²) in [6, 6.07) is 7.86. The van der Waals surface area contributed by atoms with Crippen LogP contribution >= 0.6 is 11.3 Å². The summed E-state index contributed by atoms with van der Waals surface area (Å²) >= 11 is 1.14. The van der Waals surface area contributed by atoms with E-state index in [9.17, 15) is 4.79 Å². The molecule has 0 saturated carbocycles. The number of aromatic carboxylic acids is 1. The number of thiazole rings is 1. The van der Waals surface area contributed by atoms with Crippen molar-refractivity contribution in [2.24, 2.45) is 0 Å². The van der Waals surface area contributed by atoms with Crippen LogP contribution in [0.15, 0.2) is 30.6 Å². The van der Waals surface area contributed by atoms with Crippen LogP contribution in [0.25, 0.3) is 21.5 Å². The lowest BCUT2D eigenvalue weighted by Gasteiger charge is -1.98. The molecule has 1 aromatic carbocycles. The average Bonchev–Trinajstić information content (AvgIpc) is 3.06. The Morgan fingerprint density at radius 3 is 3.05 bits per heavy atom. The number of nitrogens with one attached hydrogen (secondary N) is 1. The van der Waals surface area contributed by atoms with Gasteiger partial charge in [0.1, 0.15) is 9.88 Å². The first-order chi connectivity index (χ1) is 9.69. The van der Waals surface area contributed by atoms with Gasteiger partial charge in [0.2, 0.25) is 0 Å². The molecule has 3 rings (SSSR count). The molecule has 2 aromatic heterocycles. The van der Waals surface area contributed by atoms with Gasteiger partial charge in [0.15, 0.2) is 0 Å². The maximum Gasteiger partial charge on any atom is 0.347 e. The zero-order chi connectivity index (χ0) is 14.1. The number of carboxylic acids is 1. The largest absolute Gasteiger partial charge is 0.477 e. The van der Waals surface area contributed by atoms with Gasteiger partial charge >= 0.3 is 5.97 Å². The van der Waals surface area contributed by atoms with Gasteiger partial charge < -0.3 is 10.1 Å². The normalized spacial score (nSPS) is 10.6. The number of fused-ring (bicyclic) bond motifs is 1. The molecular formula is C14H9N3O2S. The Kier molecular flexibility index (Phi) is 2.97. The number of rotatable bonds is 3. The SMILES string of the molecule is N#CCc1c[nH]c2ccc(-c3ncc(C(=O)O)s3)cc12. The Bertz CT molecular complexity index is 842. The van der Waals surface area contributed by atoms with Crippen LogP contribution in [-0.2, 0) is 6.42 Å². The van der Waals surface area contributed by atoms with Crippen LogP contribution in [0.4, 0.5) is 0 Å². The van der Waals surface area contributed by atoms with Crippen LogP contribution in [0.3, 0.4) is 0 Å². The van der Waals surface area contributed by atoms with Gasteiger partial charge in [-0.1, -0.05) is 0 Å². The maximum atomic E-state index is 10.9. The summed E-state index contributed by atoms with van der Waals surface area (Å²) in [5, 5.41) is 19.4. The van der Waals surface area contributed by atoms with Gasteiger partial charge in [0.25, 0.3) is 0 Å². The van der Waals surface area contributed by atoms with Crippen molar-refractivity contribution in [2.75, 3.05) is 0 Å². The highest BCUT2D eigenvalue weighted by atomic mass is 32.1. The summed E-state index contributed by atoms with van der Waals surface area (Å²) in [4.78, 5) is 18.3. The molecule has 5 nitrogen and oxygen atoms in total. The first-order valence-corrected chi connectivity index (χ1v) is 6.67. The third-order valence-corrected chi connectivity index (χ3v) is 4.03. The number of aromatic amines is 1. The first-order valence-electron chi connectivity index (χ1n) is 5.85. The van der Waals surface area contributed by atoms with E-state index in [0.717, 1.165) is 33.4 Å². The molecule has 0 saturated heterocycles. The zero-order valence-corrected chi connectivity index (χ0v) is 11.1. The van der Waals surface area contributed by atoms with E-state index in [1.54, 1.807) is 0 Å². The van der Waals surface area contributed by atoms with E-state index in [-0.39, 0.29) is 4.88 Å². The van der Waals surface area contributed by atoms with E-state index in [0.29, 0.717) is 11.4 Å². The van der Waals surface area contributed by atoms with Crippen LogP contribution in [-0.4, -0.2) is 21.0 Å². The maximum absolute atomic E-state index is 10.9. The minimum absolute atomic E-state index is 0.214. The second-order valence-electron chi connectivity index (χ2n) is 4.24. The average molecular weight is 283 g/mol. The van der Waals surface area contributed by atoms with Gasteiger partial charge in [-0.3, -0.25) is 0 Å². The number of hydrogen-bond donors (Lipinski definition) is 2. The van der Waals surface area contributed by atoms with Crippen molar-refractivity contribution >= 4 is 28.2 Å². The van der Waals surface area contributed by atoms with Crippen molar-refractivity contribution in [3.63, 3.8) is 0 Å². The Hall–Kier alpha value is -2.65. The summed E-state index contributed by atoms with van der Waals surface area (Å²) in [5.41, 5.74) is 2.74. The summed E-state index contributed by atoms with van der Waals surface area (Å²) in [6.45, 7) is 0. The molecule has 0 radical (unpaired) electrons. The molecule has 6 heteroatoms. The standard InChI is InChI=1S/C14H9N3O2S/c15-4-3-9-6-16-11-2-1-8(5-10(9)11)13-17-7-12(20-13)14(18)19/h1-2,5-7,16H,3H2,(H,18,19).